The fourth-order valence-corrected chi connectivity index (χ4v) is 2.48. The fourth-order valence-electron chi connectivity index (χ4n) is 2.48. The van der Waals surface area contributed by atoms with Gasteiger partial charge in [-0.3, -0.25) is 0 Å². The Morgan fingerprint density at radius 2 is 1.88 bits per heavy atom. The number of ether oxygens (including phenoxy) is 1. The number of aromatic nitrogens is 2. The summed E-state index contributed by atoms with van der Waals surface area (Å²) in [5.74, 6) is 3.28. The molecule has 2 aromatic heterocycles. The van der Waals surface area contributed by atoms with Crippen molar-refractivity contribution in [3.8, 4) is 17.2 Å². The number of unbranched alkanes of at least 4 members (excludes halogenated alkanes) is 2. The number of nitrogens with zero attached hydrogens (tertiary/aromatic N) is 2. The summed E-state index contributed by atoms with van der Waals surface area (Å²) in [6, 6.07) is 9.82. The lowest BCUT2D eigenvalue weighted by Crippen LogP contribution is -1.97. The molecule has 3 rings (SSSR count). The van der Waals surface area contributed by atoms with Crippen molar-refractivity contribution in [2.24, 2.45) is 0 Å². The van der Waals surface area contributed by atoms with Gasteiger partial charge in [0.25, 0.3) is 0 Å². The number of oxazole rings is 1. The molecule has 5 heteroatoms. The average molecular weight is 326 g/mol. The van der Waals surface area contributed by atoms with Crippen LogP contribution in [0.15, 0.2) is 45.5 Å². The largest absolute Gasteiger partial charge is 0.494 e. The molecule has 0 bridgehead atoms. The predicted molar refractivity (Wildman–Crippen MR) is 91.0 cm³/mol. The van der Waals surface area contributed by atoms with Crippen molar-refractivity contribution in [3.63, 3.8) is 0 Å². The van der Waals surface area contributed by atoms with Crippen molar-refractivity contribution >= 4 is 0 Å². The summed E-state index contributed by atoms with van der Waals surface area (Å²) in [6.45, 7) is 4.54. The maximum Gasteiger partial charge on any atom is 0.226 e. The Morgan fingerprint density at radius 3 is 2.54 bits per heavy atom. The molecule has 0 fully saturated rings. The average Bonchev–Trinajstić information content (AvgIpc) is 3.20. The van der Waals surface area contributed by atoms with E-state index in [-0.39, 0.29) is 0 Å². The van der Waals surface area contributed by atoms with Gasteiger partial charge in [-0.25, -0.2) is 4.98 Å². The highest BCUT2D eigenvalue weighted by Crippen LogP contribution is 2.22. The van der Waals surface area contributed by atoms with Gasteiger partial charge in [0, 0.05) is 18.1 Å². The minimum atomic E-state index is 0.640. The number of aryl methyl sites for hydroxylation is 3. The van der Waals surface area contributed by atoms with E-state index in [2.05, 4.69) is 10.1 Å². The van der Waals surface area contributed by atoms with Crippen molar-refractivity contribution in [1.29, 1.82) is 0 Å². The highest BCUT2D eigenvalue weighted by molar-refractivity contribution is 5.54. The van der Waals surface area contributed by atoms with Crippen LogP contribution in [0.2, 0.25) is 0 Å². The summed E-state index contributed by atoms with van der Waals surface area (Å²) in [4.78, 5) is 4.22. The van der Waals surface area contributed by atoms with E-state index in [1.54, 1.807) is 6.20 Å². The van der Waals surface area contributed by atoms with Crippen molar-refractivity contribution < 1.29 is 13.7 Å². The van der Waals surface area contributed by atoms with Crippen LogP contribution in [0.1, 0.15) is 36.5 Å². The molecule has 126 valence electrons. The summed E-state index contributed by atoms with van der Waals surface area (Å²) in [6.07, 6.45) is 5.87. The van der Waals surface area contributed by atoms with Crippen molar-refractivity contribution in [2.45, 2.75) is 39.5 Å². The van der Waals surface area contributed by atoms with Gasteiger partial charge in [0.2, 0.25) is 5.89 Å². The normalized spacial score (nSPS) is 10.9. The van der Waals surface area contributed by atoms with E-state index in [0.29, 0.717) is 12.5 Å². The minimum absolute atomic E-state index is 0.640. The van der Waals surface area contributed by atoms with E-state index in [1.807, 2.05) is 44.2 Å². The van der Waals surface area contributed by atoms with Crippen LogP contribution in [-0.2, 0) is 6.42 Å². The third kappa shape index (κ3) is 4.47. The lowest BCUT2D eigenvalue weighted by molar-refractivity contribution is 0.303. The van der Waals surface area contributed by atoms with Gasteiger partial charge in [-0.1, -0.05) is 5.16 Å². The summed E-state index contributed by atoms with van der Waals surface area (Å²) in [5, 5.41) is 3.89. The van der Waals surface area contributed by atoms with Gasteiger partial charge in [0.05, 0.1) is 18.5 Å². The Balaban J connectivity index is 1.36. The quantitative estimate of drug-likeness (QED) is 0.560. The SMILES string of the molecule is Cc1cc(CCCCCOc2ccc(-c3ncc(C)o3)cc2)on1. The standard InChI is InChI=1S/C19H22N2O3/c1-14-12-18(24-21-14)6-4-3-5-11-22-17-9-7-16(8-10-17)19-20-13-15(2)23-19/h7-10,12-13H,3-6,11H2,1-2H3. The summed E-state index contributed by atoms with van der Waals surface area (Å²) < 4.78 is 16.5. The van der Waals surface area contributed by atoms with Gasteiger partial charge in [0.15, 0.2) is 0 Å². The maximum atomic E-state index is 5.77. The summed E-state index contributed by atoms with van der Waals surface area (Å²) in [5.41, 5.74) is 1.90. The van der Waals surface area contributed by atoms with Crippen LogP contribution >= 0.6 is 0 Å². The second-order valence-corrected chi connectivity index (χ2v) is 5.89. The van der Waals surface area contributed by atoms with E-state index in [0.717, 1.165) is 54.2 Å². The molecule has 1 aromatic carbocycles. The molecule has 5 nitrogen and oxygen atoms in total. The van der Waals surface area contributed by atoms with Gasteiger partial charge in [-0.15, -0.1) is 0 Å². The van der Waals surface area contributed by atoms with E-state index in [1.165, 1.54) is 0 Å². The van der Waals surface area contributed by atoms with Crippen molar-refractivity contribution in [3.05, 3.63) is 53.7 Å². The molecule has 0 spiro atoms. The van der Waals surface area contributed by atoms with Crippen LogP contribution < -0.4 is 4.74 Å². The molecule has 24 heavy (non-hydrogen) atoms. The Kier molecular flexibility index (Phi) is 5.31. The van der Waals surface area contributed by atoms with Gasteiger partial charge in [-0.05, 0) is 57.4 Å². The number of hydrogen-bond acceptors (Lipinski definition) is 5. The molecule has 0 saturated heterocycles. The number of hydrogen-bond donors (Lipinski definition) is 0. The van der Waals surface area contributed by atoms with Crippen LogP contribution in [0, 0.1) is 13.8 Å². The van der Waals surface area contributed by atoms with Crippen molar-refractivity contribution in [2.75, 3.05) is 6.61 Å². The molecule has 0 amide bonds. The molecule has 0 unspecified atom stereocenters. The smallest absolute Gasteiger partial charge is 0.226 e. The zero-order chi connectivity index (χ0) is 16.8. The van der Waals surface area contributed by atoms with Crippen LogP contribution in [0.4, 0.5) is 0 Å². The minimum Gasteiger partial charge on any atom is -0.494 e. The van der Waals surface area contributed by atoms with E-state index in [9.17, 15) is 0 Å². The first-order valence-corrected chi connectivity index (χ1v) is 8.28. The zero-order valence-corrected chi connectivity index (χ0v) is 14.1. The molecule has 0 N–H and O–H groups in total. The summed E-state index contributed by atoms with van der Waals surface area (Å²) >= 11 is 0. The molecule has 2 heterocycles. The van der Waals surface area contributed by atoms with Crippen molar-refractivity contribution in [1.82, 2.24) is 10.1 Å². The highest BCUT2D eigenvalue weighted by atomic mass is 16.5. The topological polar surface area (TPSA) is 61.3 Å². The predicted octanol–water partition coefficient (Wildman–Crippen LogP) is 4.74. The first kappa shape index (κ1) is 16.3. The first-order valence-electron chi connectivity index (χ1n) is 8.28. The van der Waals surface area contributed by atoms with Gasteiger partial charge in [0.1, 0.15) is 17.3 Å². The van der Waals surface area contributed by atoms with E-state index in [4.69, 9.17) is 13.7 Å². The van der Waals surface area contributed by atoms with Gasteiger partial charge in [-0.2, -0.15) is 0 Å². The molecule has 0 aliphatic heterocycles. The van der Waals surface area contributed by atoms with Gasteiger partial charge < -0.3 is 13.7 Å². The molecule has 3 aromatic rings. The Labute approximate surface area is 141 Å². The molecule has 0 aliphatic carbocycles. The van der Waals surface area contributed by atoms with Crippen LogP contribution in [0.5, 0.6) is 5.75 Å². The van der Waals surface area contributed by atoms with Crippen LogP contribution in [0.25, 0.3) is 11.5 Å². The third-order valence-electron chi connectivity index (χ3n) is 3.74. The lowest BCUT2D eigenvalue weighted by Gasteiger charge is -2.06. The highest BCUT2D eigenvalue weighted by Gasteiger charge is 2.04. The van der Waals surface area contributed by atoms with Crippen LogP contribution in [-0.4, -0.2) is 16.7 Å². The van der Waals surface area contributed by atoms with E-state index < -0.39 is 0 Å². The maximum absolute atomic E-state index is 5.77. The second-order valence-electron chi connectivity index (χ2n) is 5.89. The molecular formula is C19H22N2O3. The Bertz CT molecular complexity index is 759. The molecule has 0 saturated carbocycles. The Hall–Kier alpha value is -2.56. The number of rotatable bonds is 8. The summed E-state index contributed by atoms with van der Waals surface area (Å²) in [7, 11) is 0. The van der Waals surface area contributed by atoms with Gasteiger partial charge >= 0.3 is 0 Å². The molecule has 0 radical (unpaired) electrons. The third-order valence-corrected chi connectivity index (χ3v) is 3.74. The molecular weight excluding hydrogens is 304 g/mol. The molecule has 0 aliphatic rings. The molecule has 0 atom stereocenters. The monoisotopic (exact) mass is 326 g/mol. The Morgan fingerprint density at radius 1 is 1.04 bits per heavy atom. The zero-order valence-electron chi connectivity index (χ0n) is 14.1. The fraction of sp³-hybridized carbons (Fsp3) is 0.368. The van der Waals surface area contributed by atoms with Crippen LogP contribution in [0.3, 0.4) is 0 Å². The lowest BCUT2D eigenvalue weighted by atomic mass is 10.1. The number of benzene rings is 1. The van der Waals surface area contributed by atoms with E-state index >= 15 is 0 Å². The first-order chi connectivity index (χ1) is 11.7. The second kappa shape index (κ2) is 7.81.